The normalized spacial score (nSPS) is 15.3. The third-order valence-corrected chi connectivity index (χ3v) is 3.04. The van der Waals surface area contributed by atoms with Crippen LogP contribution >= 0.6 is 0 Å². The summed E-state index contributed by atoms with van der Waals surface area (Å²) in [6.07, 6.45) is 4.73. The largest absolute Gasteiger partial charge is 0.383 e. The topological polar surface area (TPSA) is 40.6 Å². The van der Waals surface area contributed by atoms with Crippen LogP contribution in [0.4, 0.5) is 5.69 Å². The number of allylic oxidation sites excluding steroid dienone is 1. The maximum atomic E-state index is 12.0. The van der Waals surface area contributed by atoms with Gasteiger partial charge in [-0.05, 0) is 18.6 Å². The van der Waals surface area contributed by atoms with Gasteiger partial charge in [0.2, 0.25) is 5.91 Å². The van der Waals surface area contributed by atoms with E-state index in [-0.39, 0.29) is 11.7 Å². The highest BCUT2D eigenvalue weighted by molar-refractivity contribution is 6.05. The van der Waals surface area contributed by atoms with Crippen LogP contribution in [0.15, 0.2) is 36.5 Å². The highest BCUT2D eigenvalue weighted by Crippen LogP contribution is 2.22. The van der Waals surface area contributed by atoms with Gasteiger partial charge in [0.05, 0.1) is 0 Å². The lowest BCUT2D eigenvalue weighted by Gasteiger charge is -2.16. The molecule has 1 aliphatic rings. The number of anilines is 1. The first-order valence-electron chi connectivity index (χ1n) is 6.37. The number of nitrogens with zero attached hydrogens (tertiary/aromatic N) is 2. The molecule has 0 spiro atoms. The van der Waals surface area contributed by atoms with Gasteiger partial charge in [-0.2, -0.15) is 0 Å². The smallest absolute Gasteiger partial charge is 0.227 e. The maximum Gasteiger partial charge on any atom is 0.227 e. The van der Waals surface area contributed by atoms with Crippen molar-refractivity contribution >= 4 is 17.4 Å². The van der Waals surface area contributed by atoms with E-state index in [0.29, 0.717) is 12.0 Å². The van der Waals surface area contributed by atoms with Crippen LogP contribution in [-0.4, -0.2) is 37.2 Å². The van der Waals surface area contributed by atoms with Crippen molar-refractivity contribution in [3.63, 3.8) is 0 Å². The average Bonchev–Trinajstić information content (AvgIpc) is 2.82. The van der Waals surface area contributed by atoms with E-state index < -0.39 is 0 Å². The summed E-state index contributed by atoms with van der Waals surface area (Å²) in [6, 6.07) is 7.24. The SMILES string of the molecule is CN(C)C=CC(=O)c1cccc(N2CCCC2=O)c1. The summed E-state index contributed by atoms with van der Waals surface area (Å²) < 4.78 is 0. The van der Waals surface area contributed by atoms with Gasteiger partial charge < -0.3 is 9.80 Å². The van der Waals surface area contributed by atoms with E-state index >= 15 is 0 Å². The van der Waals surface area contributed by atoms with Crippen molar-refractivity contribution in [3.8, 4) is 0 Å². The lowest BCUT2D eigenvalue weighted by Crippen LogP contribution is -2.23. The van der Waals surface area contributed by atoms with Crippen molar-refractivity contribution in [2.24, 2.45) is 0 Å². The molecule has 0 aromatic heterocycles. The fraction of sp³-hybridized carbons (Fsp3) is 0.333. The molecule has 100 valence electrons. The van der Waals surface area contributed by atoms with Crippen molar-refractivity contribution < 1.29 is 9.59 Å². The number of hydrogen-bond donors (Lipinski definition) is 0. The number of rotatable bonds is 4. The van der Waals surface area contributed by atoms with Crippen molar-refractivity contribution in [1.29, 1.82) is 0 Å². The molecule has 4 heteroatoms. The standard InChI is InChI=1S/C15H18N2O2/c1-16(2)10-8-14(18)12-5-3-6-13(11-12)17-9-4-7-15(17)19/h3,5-6,8,10-11H,4,7,9H2,1-2H3. The number of benzene rings is 1. The molecule has 1 fully saturated rings. The zero-order valence-electron chi connectivity index (χ0n) is 11.3. The molecule has 19 heavy (non-hydrogen) atoms. The lowest BCUT2D eigenvalue weighted by molar-refractivity contribution is -0.117. The summed E-state index contributed by atoms with van der Waals surface area (Å²) in [7, 11) is 3.73. The van der Waals surface area contributed by atoms with E-state index in [1.165, 1.54) is 6.08 Å². The van der Waals surface area contributed by atoms with Crippen molar-refractivity contribution in [3.05, 3.63) is 42.1 Å². The molecule has 4 nitrogen and oxygen atoms in total. The fourth-order valence-corrected chi connectivity index (χ4v) is 2.06. The zero-order valence-corrected chi connectivity index (χ0v) is 11.3. The lowest BCUT2D eigenvalue weighted by atomic mass is 10.1. The minimum Gasteiger partial charge on any atom is -0.383 e. The van der Waals surface area contributed by atoms with Gasteiger partial charge in [-0.1, -0.05) is 12.1 Å². The van der Waals surface area contributed by atoms with Crippen molar-refractivity contribution in [2.75, 3.05) is 25.5 Å². The van der Waals surface area contributed by atoms with Gasteiger partial charge in [0.25, 0.3) is 0 Å². The predicted octanol–water partition coefficient (Wildman–Crippen LogP) is 2.07. The average molecular weight is 258 g/mol. The number of hydrogen-bond acceptors (Lipinski definition) is 3. The van der Waals surface area contributed by atoms with Crippen molar-refractivity contribution in [2.45, 2.75) is 12.8 Å². The second kappa shape index (κ2) is 5.69. The summed E-state index contributed by atoms with van der Waals surface area (Å²) in [4.78, 5) is 27.2. The van der Waals surface area contributed by atoms with Crippen LogP contribution in [0, 0.1) is 0 Å². The highest BCUT2D eigenvalue weighted by atomic mass is 16.2. The predicted molar refractivity (Wildman–Crippen MR) is 75.2 cm³/mol. The van der Waals surface area contributed by atoms with Crippen LogP contribution < -0.4 is 4.90 Å². The van der Waals surface area contributed by atoms with E-state index in [2.05, 4.69) is 0 Å². The molecule has 0 N–H and O–H groups in total. The van der Waals surface area contributed by atoms with Crippen LogP contribution in [0.25, 0.3) is 0 Å². The monoisotopic (exact) mass is 258 g/mol. The third kappa shape index (κ3) is 3.22. The first-order chi connectivity index (χ1) is 9.08. The first kappa shape index (κ1) is 13.3. The van der Waals surface area contributed by atoms with Crippen molar-refractivity contribution in [1.82, 2.24) is 4.90 Å². The second-order valence-corrected chi connectivity index (χ2v) is 4.84. The Bertz CT molecular complexity index is 521. The molecule has 0 unspecified atom stereocenters. The van der Waals surface area contributed by atoms with Crippen LogP contribution in [0.5, 0.6) is 0 Å². The third-order valence-electron chi connectivity index (χ3n) is 3.04. The number of amides is 1. The van der Waals surface area contributed by atoms with Gasteiger partial charge in [0.15, 0.2) is 5.78 Å². The van der Waals surface area contributed by atoms with Crippen LogP contribution in [0.3, 0.4) is 0 Å². The quantitative estimate of drug-likeness (QED) is 0.613. The van der Waals surface area contributed by atoms with Crippen LogP contribution in [0.1, 0.15) is 23.2 Å². The Morgan fingerprint density at radius 2 is 2.16 bits per heavy atom. The summed E-state index contributed by atoms with van der Waals surface area (Å²) in [5, 5.41) is 0. The molecule has 1 aromatic rings. The van der Waals surface area contributed by atoms with Crippen LogP contribution in [0.2, 0.25) is 0 Å². The summed E-state index contributed by atoms with van der Waals surface area (Å²) in [5.74, 6) is 0.0793. The molecular weight excluding hydrogens is 240 g/mol. The molecule has 0 aliphatic carbocycles. The Morgan fingerprint density at radius 1 is 1.37 bits per heavy atom. The molecule has 1 amide bonds. The Morgan fingerprint density at radius 3 is 2.79 bits per heavy atom. The Kier molecular flexibility index (Phi) is 4.00. The number of ketones is 1. The summed E-state index contributed by atoms with van der Waals surface area (Å²) >= 11 is 0. The van der Waals surface area contributed by atoms with E-state index in [1.807, 2.05) is 31.1 Å². The maximum absolute atomic E-state index is 12.0. The van der Waals surface area contributed by atoms with Gasteiger partial charge in [-0.15, -0.1) is 0 Å². The fourth-order valence-electron chi connectivity index (χ4n) is 2.06. The van der Waals surface area contributed by atoms with E-state index in [0.717, 1.165) is 18.7 Å². The van der Waals surface area contributed by atoms with Gasteiger partial charge >= 0.3 is 0 Å². The molecule has 0 radical (unpaired) electrons. The van der Waals surface area contributed by atoms with Gasteiger partial charge in [-0.3, -0.25) is 9.59 Å². The summed E-state index contributed by atoms with van der Waals surface area (Å²) in [6.45, 7) is 0.740. The molecule has 1 aromatic carbocycles. The van der Waals surface area contributed by atoms with Gasteiger partial charge in [0.1, 0.15) is 0 Å². The van der Waals surface area contributed by atoms with E-state index in [1.54, 1.807) is 23.2 Å². The Balaban J connectivity index is 2.19. The first-order valence-corrected chi connectivity index (χ1v) is 6.37. The summed E-state index contributed by atoms with van der Waals surface area (Å²) in [5.41, 5.74) is 1.42. The Labute approximate surface area is 113 Å². The molecule has 1 aliphatic heterocycles. The molecule has 0 saturated carbocycles. The minimum atomic E-state index is -0.0535. The zero-order chi connectivity index (χ0) is 13.8. The minimum absolute atomic E-state index is 0.0535. The molecule has 0 atom stereocenters. The van der Waals surface area contributed by atoms with Gasteiger partial charge in [-0.25, -0.2) is 0 Å². The molecule has 2 rings (SSSR count). The number of carbonyl (C=O) groups excluding carboxylic acids is 2. The van der Waals surface area contributed by atoms with Gasteiger partial charge in [0, 0.05) is 50.6 Å². The molecule has 1 saturated heterocycles. The molecular formula is C15H18N2O2. The second-order valence-electron chi connectivity index (χ2n) is 4.84. The molecule has 0 bridgehead atoms. The Hall–Kier alpha value is -2.10. The number of carbonyl (C=O) groups is 2. The van der Waals surface area contributed by atoms with Crippen LogP contribution in [-0.2, 0) is 4.79 Å². The van der Waals surface area contributed by atoms with E-state index in [4.69, 9.17) is 0 Å². The van der Waals surface area contributed by atoms with E-state index in [9.17, 15) is 9.59 Å². The molecule has 1 heterocycles. The highest BCUT2D eigenvalue weighted by Gasteiger charge is 2.21.